The molecule has 1 heterocycles. The normalized spacial score (nSPS) is 17.1. The fraction of sp³-hybridized carbons (Fsp3) is 0.200. The van der Waals surface area contributed by atoms with Crippen molar-refractivity contribution in [3.63, 3.8) is 0 Å². The van der Waals surface area contributed by atoms with Crippen LogP contribution in [0.4, 0.5) is 10.1 Å². The summed E-state index contributed by atoms with van der Waals surface area (Å²) in [5.74, 6) is -0.345. The largest absolute Gasteiger partial charge is 0.492 e. The van der Waals surface area contributed by atoms with Crippen molar-refractivity contribution in [1.82, 2.24) is 0 Å². The highest BCUT2D eigenvalue weighted by atomic mass is 19.1. The summed E-state index contributed by atoms with van der Waals surface area (Å²) in [5.41, 5.74) is 2.46. The Morgan fingerprint density at radius 3 is 2.75 bits per heavy atom. The van der Waals surface area contributed by atoms with Crippen molar-refractivity contribution in [3.05, 3.63) is 59.4 Å². The maximum Gasteiger partial charge on any atom is 0.492 e. The Bertz CT molecular complexity index is 621. The van der Waals surface area contributed by atoms with E-state index < -0.39 is 13.2 Å². The van der Waals surface area contributed by atoms with Crippen LogP contribution in [0.5, 0.6) is 0 Å². The molecule has 1 atom stereocenters. The summed E-state index contributed by atoms with van der Waals surface area (Å²) in [4.78, 5) is 0. The van der Waals surface area contributed by atoms with Crippen LogP contribution in [0, 0.1) is 5.82 Å². The molecular weight excluding hydrogens is 256 g/mol. The predicted molar refractivity (Wildman–Crippen MR) is 77.3 cm³/mol. The molecule has 0 aliphatic carbocycles. The Morgan fingerprint density at radius 2 is 2.00 bits per heavy atom. The van der Waals surface area contributed by atoms with Gasteiger partial charge in [-0.2, -0.15) is 0 Å². The molecule has 0 bridgehead atoms. The van der Waals surface area contributed by atoms with Gasteiger partial charge in [-0.25, -0.2) is 4.39 Å². The average molecular weight is 271 g/mol. The van der Waals surface area contributed by atoms with Gasteiger partial charge in [-0.1, -0.05) is 36.4 Å². The van der Waals surface area contributed by atoms with E-state index in [9.17, 15) is 9.41 Å². The van der Waals surface area contributed by atoms with E-state index in [-0.39, 0.29) is 5.82 Å². The van der Waals surface area contributed by atoms with Gasteiger partial charge in [-0.15, -0.1) is 0 Å². The number of hydrogen-bond donors (Lipinski definition) is 2. The zero-order chi connectivity index (χ0) is 14.1. The second kappa shape index (κ2) is 5.27. The third kappa shape index (κ3) is 2.30. The predicted octanol–water partition coefficient (Wildman–Crippen LogP) is 2.22. The lowest BCUT2D eigenvalue weighted by Gasteiger charge is -2.12. The standard InChI is InChI=1S/C15H15BFNO2/c1-10-14-12(16(19)20-10)7-8-13(15(14)17)18-9-11-5-3-2-4-6-11/h2-8,10,18-19H,9H2,1H3. The molecule has 0 aromatic heterocycles. The number of halogens is 1. The van der Waals surface area contributed by atoms with Gasteiger partial charge in [0.1, 0.15) is 0 Å². The van der Waals surface area contributed by atoms with E-state index in [1.165, 1.54) is 0 Å². The summed E-state index contributed by atoms with van der Waals surface area (Å²) in [6.45, 7) is 2.29. The van der Waals surface area contributed by atoms with Crippen molar-refractivity contribution in [2.24, 2.45) is 0 Å². The van der Waals surface area contributed by atoms with Crippen LogP contribution in [0.25, 0.3) is 0 Å². The zero-order valence-electron chi connectivity index (χ0n) is 11.1. The summed E-state index contributed by atoms with van der Waals surface area (Å²) >= 11 is 0. The lowest BCUT2D eigenvalue weighted by atomic mass is 9.79. The Kier molecular flexibility index (Phi) is 3.46. The van der Waals surface area contributed by atoms with Crippen molar-refractivity contribution in [1.29, 1.82) is 0 Å². The fourth-order valence-corrected chi connectivity index (χ4v) is 2.50. The second-order valence-corrected chi connectivity index (χ2v) is 4.90. The maximum atomic E-state index is 14.4. The Labute approximate surface area is 117 Å². The lowest BCUT2D eigenvalue weighted by molar-refractivity contribution is 0.205. The van der Waals surface area contributed by atoms with E-state index in [1.807, 2.05) is 30.3 Å². The molecule has 20 heavy (non-hydrogen) atoms. The van der Waals surface area contributed by atoms with Crippen LogP contribution in [0.1, 0.15) is 24.2 Å². The molecule has 1 aliphatic rings. The first-order valence-corrected chi connectivity index (χ1v) is 6.60. The molecule has 1 unspecified atom stereocenters. The first-order valence-electron chi connectivity index (χ1n) is 6.60. The SMILES string of the molecule is CC1OB(O)c2ccc(NCc3ccccc3)c(F)c21. The summed E-state index contributed by atoms with van der Waals surface area (Å²) in [6.07, 6.45) is -0.432. The summed E-state index contributed by atoms with van der Waals surface area (Å²) in [5, 5.41) is 12.7. The van der Waals surface area contributed by atoms with Gasteiger partial charge in [-0.3, -0.25) is 0 Å². The van der Waals surface area contributed by atoms with Crippen molar-refractivity contribution in [3.8, 4) is 0 Å². The lowest BCUT2D eigenvalue weighted by Crippen LogP contribution is -2.28. The minimum atomic E-state index is -1.03. The number of nitrogens with one attached hydrogen (secondary N) is 1. The van der Waals surface area contributed by atoms with E-state index in [1.54, 1.807) is 19.1 Å². The van der Waals surface area contributed by atoms with Crippen LogP contribution in [-0.2, 0) is 11.2 Å². The topological polar surface area (TPSA) is 41.5 Å². The molecule has 0 fully saturated rings. The van der Waals surface area contributed by atoms with Gasteiger partial charge in [0.25, 0.3) is 0 Å². The van der Waals surface area contributed by atoms with Crippen LogP contribution < -0.4 is 10.8 Å². The highest BCUT2D eigenvalue weighted by molar-refractivity contribution is 6.61. The second-order valence-electron chi connectivity index (χ2n) is 4.90. The van der Waals surface area contributed by atoms with Gasteiger partial charge in [-0.05, 0) is 24.0 Å². The van der Waals surface area contributed by atoms with Gasteiger partial charge < -0.3 is 15.0 Å². The first kappa shape index (κ1) is 13.2. The van der Waals surface area contributed by atoms with E-state index in [4.69, 9.17) is 4.65 Å². The highest BCUT2D eigenvalue weighted by Crippen LogP contribution is 2.29. The van der Waals surface area contributed by atoms with Gasteiger partial charge in [0.2, 0.25) is 0 Å². The maximum absolute atomic E-state index is 14.4. The molecule has 0 saturated carbocycles. The van der Waals surface area contributed by atoms with E-state index in [0.29, 0.717) is 23.3 Å². The van der Waals surface area contributed by atoms with Crippen LogP contribution >= 0.6 is 0 Å². The van der Waals surface area contributed by atoms with E-state index in [2.05, 4.69) is 5.32 Å². The summed E-state index contributed by atoms with van der Waals surface area (Å²) < 4.78 is 19.7. The molecule has 3 nitrogen and oxygen atoms in total. The van der Waals surface area contributed by atoms with E-state index in [0.717, 1.165) is 5.56 Å². The molecule has 0 radical (unpaired) electrons. The molecule has 3 rings (SSSR count). The van der Waals surface area contributed by atoms with E-state index >= 15 is 0 Å². The van der Waals surface area contributed by atoms with Gasteiger partial charge >= 0.3 is 7.12 Å². The van der Waals surface area contributed by atoms with Crippen LogP contribution in [0.15, 0.2) is 42.5 Å². The molecule has 2 aromatic rings. The van der Waals surface area contributed by atoms with Crippen LogP contribution in [0.3, 0.4) is 0 Å². The average Bonchev–Trinajstić information content (AvgIpc) is 2.75. The highest BCUT2D eigenvalue weighted by Gasteiger charge is 2.35. The number of hydrogen-bond acceptors (Lipinski definition) is 3. The molecular formula is C15H15BFNO2. The molecule has 5 heteroatoms. The van der Waals surface area contributed by atoms with Crippen LogP contribution in [0.2, 0.25) is 0 Å². The molecule has 2 N–H and O–H groups in total. The Balaban J connectivity index is 1.83. The fourth-order valence-electron chi connectivity index (χ4n) is 2.50. The Hall–Kier alpha value is -1.85. The monoisotopic (exact) mass is 271 g/mol. The van der Waals surface area contributed by atoms with Crippen molar-refractivity contribution >= 4 is 18.3 Å². The van der Waals surface area contributed by atoms with Crippen molar-refractivity contribution < 1.29 is 14.1 Å². The van der Waals surface area contributed by atoms with Gasteiger partial charge in [0.05, 0.1) is 11.8 Å². The van der Waals surface area contributed by atoms with Gasteiger partial charge in [0.15, 0.2) is 5.82 Å². The molecule has 0 spiro atoms. The van der Waals surface area contributed by atoms with Gasteiger partial charge in [0, 0.05) is 12.1 Å². The van der Waals surface area contributed by atoms with Crippen molar-refractivity contribution in [2.75, 3.05) is 5.32 Å². The molecule has 0 amide bonds. The minimum absolute atomic E-state index is 0.345. The molecule has 102 valence electrons. The molecule has 0 saturated heterocycles. The number of fused-ring (bicyclic) bond motifs is 1. The van der Waals surface area contributed by atoms with Crippen molar-refractivity contribution in [2.45, 2.75) is 19.6 Å². The summed E-state index contributed by atoms with van der Waals surface area (Å²) in [7, 11) is -1.03. The Morgan fingerprint density at radius 1 is 1.25 bits per heavy atom. The summed E-state index contributed by atoms with van der Waals surface area (Å²) in [6, 6.07) is 13.1. The molecule has 2 aromatic carbocycles. The first-order chi connectivity index (χ1) is 9.66. The quantitative estimate of drug-likeness (QED) is 0.841. The number of benzene rings is 2. The number of anilines is 1. The smallest absolute Gasteiger partial charge is 0.423 e. The van der Waals surface area contributed by atoms with Crippen LogP contribution in [-0.4, -0.2) is 12.1 Å². The third-order valence-electron chi connectivity index (χ3n) is 3.54. The third-order valence-corrected chi connectivity index (χ3v) is 3.54. The zero-order valence-corrected chi connectivity index (χ0v) is 11.1. The number of rotatable bonds is 3. The molecule has 1 aliphatic heterocycles. The minimum Gasteiger partial charge on any atom is -0.423 e.